The number of alkyl halides is 3. The van der Waals surface area contributed by atoms with Gasteiger partial charge in [-0.1, -0.05) is 0 Å². The molecule has 0 spiro atoms. The Morgan fingerprint density at radius 1 is 1.38 bits per heavy atom. The molecule has 0 saturated heterocycles. The maximum absolute atomic E-state index is 12.9. The Balaban J connectivity index is 2.29. The van der Waals surface area contributed by atoms with Gasteiger partial charge in [0.1, 0.15) is 0 Å². The van der Waals surface area contributed by atoms with Crippen LogP contribution in [0.15, 0.2) is 30.6 Å². The van der Waals surface area contributed by atoms with Gasteiger partial charge in [-0.05, 0) is 18.2 Å². The highest BCUT2D eigenvalue weighted by Gasteiger charge is 2.34. The lowest BCUT2D eigenvalue weighted by Crippen LogP contribution is -2.17. The number of carbonyl (C=O) groups excluding carboxylic acids is 1. The van der Waals surface area contributed by atoms with Gasteiger partial charge >= 0.3 is 6.18 Å². The Morgan fingerprint density at radius 2 is 2.10 bits per heavy atom. The van der Waals surface area contributed by atoms with Crippen molar-refractivity contribution in [2.75, 3.05) is 10.7 Å². The molecule has 1 amide bonds. The number of nitrogens with zero attached hydrogens (tertiary/aromatic N) is 2. The van der Waals surface area contributed by atoms with E-state index in [1.807, 2.05) is 5.43 Å². The van der Waals surface area contributed by atoms with Crippen LogP contribution in [0.25, 0.3) is 0 Å². The van der Waals surface area contributed by atoms with E-state index in [9.17, 15) is 18.0 Å². The van der Waals surface area contributed by atoms with Gasteiger partial charge in [0.2, 0.25) is 0 Å². The van der Waals surface area contributed by atoms with Crippen molar-refractivity contribution in [2.45, 2.75) is 6.18 Å². The van der Waals surface area contributed by atoms with E-state index in [0.29, 0.717) is 5.69 Å². The summed E-state index contributed by atoms with van der Waals surface area (Å²) in [5.41, 5.74) is 0.893. The Hall–Kier alpha value is -2.55. The lowest BCUT2D eigenvalue weighted by molar-refractivity contribution is -0.137. The van der Waals surface area contributed by atoms with Crippen molar-refractivity contribution in [3.05, 3.63) is 41.7 Å². The Morgan fingerprint density at radius 3 is 2.62 bits per heavy atom. The van der Waals surface area contributed by atoms with E-state index in [-0.39, 0.29) is 11.3 Å². The van der Waals surface area contributed by atoms with E-state index in [0.717, 1.165) is 12.1 Å². The van der Waals surface area contributed by atoms with Crippen LogP contribution in [0.4, 0.5) is 24.5 Å². The van der Waals surface area contributed by atoms with Crippen LogP contribution in [0.3, 0.4) is 0 Å². The van der Waals surface area contributed by atoms with Crippen LogP contribution in [0.2, 0.25) is 0 Å². The molecule has 4 N–H and O–H groups in total. The quantitative estimate of drug-likeness (QED) is 0.597. The van der Waals surface area contributed by atoms with Gasteiger partial charge in [0.05, 0.1) is 23.1 Å². The second-order valence-electron chi connectivity index (χ2n) is 4.26. The van der Waals surface area contributed by atoms with Gasteiger partial charge in [0, 0.05) is 18.8 Å². The number of amides is 1. The van der Waals surface area contributed by atoms with Crippen LogP contribution >= 0.6 is 0 Å². The highest BCUT2D eigenvalue weighted by molar-refractivity contribution is 6.04. The number of rotatable bonds is 3. The topological polar surface area (TPSA) is 85.0 Å². The zero-order chi connectivity index (χ0) is 15.6. The second kappa shape index (κ2) is 5.44. The molecule has 0 radical (unpaired) electrons. The van der Waals surface area contributed by atoms with Crippen LogP contribution in [-0.2, 0) is 13.2 Å². The summed E-state index contributed by atoms with van der Waals surface area (Å²) in [6.45, 7) is 0. The second-order valence-corrected chi connectivity index (χ2v) is 4.26. The zero-order valence-electron chi connectivity index (χ0n) is 10.9. The third-order valence-electron chi connectivity index (χ3n) is 2.71. The van der Waals surface area contributed by atoms with E-state index in [4.69, 9.17) is 5.84 Å². The van der Waals surface area contributed by atoms with Crippen molar-refractivity contribution in [1.29, 1.82) is 0 Å². The number of hydrazine groups is 1. The first-order valence-corrected chi connectivity index (χ1v) is 5.79. The molecule has 21 heavy (non-hydrogen) atoms. The predicted octanol–water partition coefficient (Wildman–Crippen LogP) is 1.98. The van der Waals surface area contributed by atoms with Gasteiger partial charge < -0.3 is 10.7 Å². The van der Waals surface area contributed by atoms with Gasteiger partial charge in [-0.25, -0.2) is 0 Å². The number of aromatic nitrogens is 2. The first-order chi connectivity index (χ1) is 9.81. The van der Waals surface area contributed by atoms with E-state index < -0.39 is 17.6 Å². The maximum atomic E-state index is 12.9. The monoisotopic (exact) mass is 299 g/mol. The van der Waals surface area contributed by atoms with E-state index in [1.54, 1.807) is 7.05 Å². The predicted molar refractivity (Wildman–Crippen MR) is 70.4 cm³/mol. The molecule has 2 aromatic rings. The molecular formula is C12H12F3N5O. The summed E-state index contributed by atoms with van der Waals surface area (Å²) in [6, 6.07) is 3.08. The molecule has 0 aliphatic rings. The Kier molecular flexibility index (Phi) is 3.85. The van der Waals surface area contributed by atoms with E-state index in [1.165, 1.54) is 23.1 Å². The highest BCUT2D eigenvalue weighted by atomic mass is 19.4. The van der Waals surface area contributed by atoms with Gasteiger partial charge in [0.15, 0.2) is 0 Å². The number of hydrogen-bond donors (Lipinski definition) is 3. The van der Waals surface area contributed by atoms with E-state index in [2.05, 4.69) is 10.4 Å². The molecular weight excluding hydrogens is 287 g/mol. The molecule has 0 aliphatic carbocycles. The molecule has 0 bridgehead atoms. The Labute approximate surface area is 117 Å². The lowest BCUT2D eigenvalue weighted by atomic mass is 10.1. The van der Waals surface area contributed by atoms with Crippen molar-refractivity contribution in [3.63, 3.8) is 0 Å². The zero-order valence-corrected chi connectivity index (χ0v) is 10.9. The van der Waals surface area contributed by atoms with Crippen LogP contribution in [-0.4, -0.2) is 15.7 Å². The van der Waals surface area contributed by atoms with Crippen molar-refractivity contribution >= 4 is 17.3 Å². The number of carbonyl (C=O) groups is 1. The average molecular weight is 299 g/mol. The summed E-state index contributed by atoms with van der Waals surface area (Å²) < 4.78 is 40.1. The fourth-order valence-electron chi connectivity index (χ4n) is 1.73. The number of hydrogen-bond acceptors (Lipinski definition) is 4. The Bertz CT molecular complexity index is 665. The summed E-state index contributed by atoms with van der Waals surface area (Å²) in [6.07, 6.45) is -1.71. The van der Waals surface area contributed by atoms with Crippen molar-refractivity contribution in [1.82, 2.24) is 9.78 Å². The summed E-state index contributed by atoms with van der Waals surface area (Å²) in [5, 5.41) is 6.30. The number of aryl methyl sites for hydroxylation is 1. The minimum Gasteiger partial charge on any atom is -0.324 e. The first-order valence-electron chi connectivity index (χ1n) is 5.79. The number of nitrogen functional groups attached to an aromatic ring is 1. The molecule has 9 heteroatoms. The van der Waals surface area contributed by atoms with Crippen LogP contribution in [0.5, 0.6) is 0 Å². The number of anilines is 2. The average Bonchev–Trinajstić information content (AvgIpc) is 2.82. The van der Waals surface area contributed by atoms with Crippen LogP contribution in [0, 0.1) is 0 Å². The molecule has 2 rings (SSSR count). The SMILES string of the molecule is Cn1cc(NC(=O)c2ccc(NN)c(C(F)(F)F)c2)cn1. The van der Waals surface area contributed by atoms with Crippen molar-refractivity contribution in [2.24, 2.45) is 12.9 Å². The van der Waals surface area contributed by atoms with Gasteiger partial charge in [-0.2, -0.15) is 18.3 Å². The van der Waals surface area contributed by atoms with Crippen LogP contribution in [0.1, 0.15) is 15.9 Å². The normalized spacial score (nSPS) is 11.3. The number of nitrogens with one attached hydrogen (secondary N) is 2. The van der Waals surface area contributed by atoms with Crippen LogP contribution < -0.4 is 16.6 Å². The van der Waals surface area contributed by atoms with Gasteiger partial charge in [0.25, 0.3) is 5.91 Å². The summed E-state index contributed by atoms with van der Waals surface area (Å²) >= 11 is 0. The van der Waals surface area contributed by atoms with Gasteiger partial charge in [-0.15, -0.1) is 0 Å². The molecule has 0 atom stereocenters. The number of halogens is 3. The fourth-order valence-corrected chi connectivity index (χ4v) is 1.73. The molecule has 0 saturated carbocycles. The third kappa shape index (κ3) is 3.31. The highest BCUT2D eigenvalue weighted by Crippen LogP contribution is 2.35. The summed E-state index contributed by atoms with van der Waals surface area (Å²) in [5.74, 6) is 4.37. The lowest BCUT2D eigenvalue weighted by Gasteiger charge is -2.13. The fraction of sp³-hybridized carbons (Fsp3) is 0.167. The first kappa shape index (κ1) is 14.9. The smallest absolute Gasteiger partial charge is 0.324 e. The molecule has 112 valence electrons. The molecule has 1 aromatic heterocycles. The summed E-state index contributed by atoms with van der Waals surface area (Å²) in [7, 11) is 1.65. The molecule has 1 heterocycles. The standard InChI is InChI=1S/C12H12F3N5O/c1-20-6-8(5-17-20)18-11(21)7-2-3-10(19-16)9(4-7)12(13,14)15/h2-6,19H,16H2,1H3,(H,18,21). The molecule has 6 nitrogen and oxygen atoms in total. The molecule has 1 aromatic carbocycles. The van der Waals surface area contributed by atoms with Gasteiger partial charge in [-0.3, -0.25) is 15.3 Å². The minimum absolute atomic E-state index is 0.134. The number of nitrogens with two attached hydrogens (primary N) is 1. The number of benzene rings is 1. The molecule has 0 aliphatic heterocycles. The maximum Gasteiger partial charge on any atom is 0.418 e. The third-order valence-corrected chi connectivity index (χ3v) is 2.71. The largest absolute Gasteiger partial charge is 0.418 e. The van der Waals surface area contributed by atoms with Crippen molar-refractivity contribution < 1.29 is 18.0 Å². The van der Waals surface area contributed by atoms with E-state index >= 15 is 0 Å². The molecule has 0 fully saturated rings. The molecule has 0 unspecified atom stereocenters. The summed E-state index contributed by atoms with van der Waals surface area (Å²) in [4.78, 5) is 11.9. The van der Waals surface area contributed by atoms with Crippen molar-refractivity contribution in [3.8, 4) is 0 Å². The minimum atomic E-state index is -4.62.